The van der Waals surface area contributed by atoms with Gasteiger partial charge in [-0.2, -0.15) is 0 Å². The first-order chi connectivity index (χ1) is 11.4. The van der Waals surface area contributed by atoms with E-state index in [-0.39, 0.29) is 5.56 Å². The van der Waals surface area contributed by atoms with E-state index in [9.17, 15) is 34.9 Å². The summed E-state index contributed by atoms with van der Waals surface area (Å²) < 4.78 is 4.95. The Morgan fingerprint density at radius 2 is 1.84 bits per heavy atom. The molecule has 1 unspecified atom stereocenters. The fraction of sp³-hybridized carbons (Fsp3) is 0.429. The number of non-ortho nitro benzene ring substituents is 1. The number of aliphatic carboxylic acids is 1. The third kappa shape index (κ3) is 6.05. The highest BCUT2D eigenvalue weighted by Gasteiger charge is 2.28. The Labute approximate surface area is 141 Å². The minimum atomic E-state index is -1.50. The number of alkyl carbamates (subject to hydrolysis) is 1. The fourth-order valence-electron chi connectivity index (χ4n) is 1.88. The van der Waals surface area contributed by atoms with Crippen LogP contribution in [0.2, 0.25) is 0 Å². The monoisotopic (exact) mass is 355 g/mol. The molecule has 0 radical (unpaired) electrons. The van der Waals surface area contributed by atoms with Crippen LogP contribution in [0, 0.1) is 20.2 Å². The summed E-state index contributed by atoms with van der Waals surface area (Å²) in [6, 6.07) is 1.34. The van der Waals surface area contributed by atoms with Gasteiger partial charge < -0.3 is 15.2 Å². The van der Waals surface area contributed by atoms with E-state index in [4.69, 9.17) is 4.74 Å². The number of hydrogen-bond acceptors (Lipinski definition) is 7. The highest BCUT2D eigenvalue weighted by molar-refractivity contribution is 5.80. The lowest BCUT2D eigenvalue weighted by atomic mass is 10.0. The van der Waals surface area contributed by atoms with E-state index < -0.39 is 51.3 Å². The van der Waals surface area contributed by atoms with Crippen molar-refractivity contribution in [3.63, 3.8) is 0 Å². The number of nitrogens with one attached hydrogen (secondary N) is 1. The molecule has 0 aromatic heterocycles. The van der Waals surface area contributed by atoms with Crippen molar-refractivity contribution < 1.29 is 29.3 Å². The van der Waals surface area contributed by atoms with Gasteiger partial charge in [-0.05, 0) is 26.8 Å². The van der Waals surface area contributed by atoms with Crippen molar-refractivity contribution in [1.29, 1.82) is 0 Å². The number of carbonyl (C=O) groups is 2. The van der Waals surface area contributed by atoms with Crippen LogP contribution >= 0.6 is 0 Å². The molecule has 1 aromatic carbocycles. The number of nitro benzene ring substituents is 2. The minimum Gasteiger partial charge on any atom is -0.480 e. The number of rotatable bonds is 6. The van der Waals surface area contributed by atoms with E-state index in [1.807, 2.05) is 0 Å². The molecule has 1 aromatic rings. The fourth-order valence-corrected chi connectivity index (χ4v) is 1.88. The van der Waals surface area contributed by atoms with Crippen LogP contribution in [-0.4, -0.2) is 38.7 Å². The number of ether oxygens (including phenoxy) is 1. The maximum Gasteiger partial charge on any atom is 0.408 e. The number of nitro groups is 2. The molecule has 11 heteroatoms. The van der Waals surface area contributed by atoms with Gasteiger partial charge in [0, 0.05) is 18.1 Å². The zero-order chi connectivity index (χ0) is 19.4. The molecular formula is C14H17N3O8. The number of benzene rings is 1. The number of nitrogens with zero attached hydrogens (tertiary/aromatic N) is 2. The van der Waals surface area contributed by atoms with E-state index in [0.29, 0.717) is 0 Å². The first-order valence-corrected chi connectivity index (χ1v) is 7.04. The standard InChI is InChI=1S/C14H17N3O8/c1-14(2,3)25-13(20)15-10(12(18)19)6-8-4-5-9(16(21)22)7-11(8)17(23)24/h4-5,7,10H,6H2,1-3H3,(H,15,20)(H,18,19). The molecule has 0 aliphatic heterocycles. The van der Waals surface area contributed by atoms with E-state index in [0.717, 1.165) is 18.2 Å². The predicted molar refractivity (Wildman–Crippen MR) is 84.2 cm³/mol. The van der Waals surface area contributed by atoms with E-state index >= 15 is 0 Å². The van der Waals surface area contributed by atoms with Gasteiger partial charge in [-0.1, -0.05) is 0 Å². The number of carboxylic acids is 1. The summed E-state index contributed by atoms with van der Waals surface area (Å²) in [7, 11) is 0. The maximum atomic E-state index is 11.7. The van der Waals surface area contributed by atoms with Gasteiger partial charge in [0.15, 0.2) is 0 Å². The second-order valence-electron chi connectivity index (χ2n) is 6.07. The summed E-state index contributed by atoms with van der Waals surface area (Å²) in [6.07, 6.45) is -1.44. The highest BCUT2D eigenvalue weighted by atomic mass is 16.6. The molecule has 0 heterocycles. The van der Waals surface area contributed by atoms with Gasteiger partial charge in [0.05, 0.1) is 15.9 Å². The second kappa shape index (κ2) is 7.55. The Morgan fingerprint density at radius 1 is 1.24 bits per heavy atom. The Hall–Kier alpha value is -3.24. The van der Waals surface area contributed by atoms with Gasteiger partial charge >= 0.3 is 12.1 Å². The number of carbonyl (C=O) groups excluding carboxylic acids is 1. The second-order valence-corrected chi connectivity index (χ2v) is 6.07. The molecule has 1 rings (SSSR count). The number of carboxylic acid groups (broad SMARTS) is 1. The molecule has 0 aliphatic rings. The van der Waals surface area contributed by atoms with E-state index in [1.54, 1.807) is 20.8 Å². The predicted octanol–water partition coefficient (Wildman–Crippen LogP) is 2.02. The summed E-state index contributed by atoms with van der Waals surface area (Å²) in [5, 5.41) is 33.1. The van der Waals surface area contributed by atoms with Gasteiger partial charge in [0.1, 0.15) is 11.6 Å². The summed E-state index contributed by atoms with van der Waals surface area (Å²) >= 11 is 0. The summed E-state index contributed by atoms with van der Waals surface area (Å²) in [4.78, 5) is 43.2. The van der Waals surface area contributed by atoms with Crippen LogP contribution in [0.5, 0.6) is 0 Å². The Bertz CT molecular complexity index is 711. The van der Waals surface area contributed by atoms with Crippen LogP contribution in [0.4, 0.5) is 16.2 Å². The molecule has 0 saturated heterocycles. The largest absolute Gasteiger partial charge is 0.480 e. The normalized spacial score (nSPS) is 12.1. The molecule has 0 fully saturated rings. The van der Waals surface area contributed by atoms with Crippen molar-refractivity contribution >= 4 is 23.4 Å². The third-order valence-electron chi connectivity index (χ3n) is 2.89. The van der Waals surface area contributed by atoms with Gasteiger partial charge in [0.2, 0.25) is 0 Å². The Kier molecular flexibility index (Phi) is 5.98. The van der Waals surface area contributed by atoms with Crippen molar-refractivity contribution in [2.75, 3.05) is 0 Å². The highest BCUT2D eigenvalue weighted by Crippen LogP contribution is 2.25. The van der Waals surface area contributed by atoms with Crippen molar-refractivity contribution in [2.45, 2.75) is 38.8 Å². The van der Waals surface area contributed by atoms with Crippen molar-refractivity contribution in [3.8, 4) is 0 Å². The molecule has 1 amide bonds. The van der Waals surface area contributed by atoms with Crippen LogP contribution < -0.4 is 5.32 Å². The minimum absolute atomic E-state index is 0.0703. The summed E-state index contributed by atoms with van der Waals surface area (Å²) in [5.41, 5.74) is -2.03. The van der Waals surface area contributed by atoms with Crippen LogP contribution in [0.25, 0.3) is 0 Å². The molecule has 0 saturated carbocycles. The van der Waals surface area contributed by atoms with Gasteiger partial charge in [-0.25, -0.2) is 9.59 Å². The zero-order valence-electron chi connectivity index (χ0n) is 13.7. The lowest BCUT2D eigenvalue weighted by Crippen LogP contribution is -2.44. The quantitative estimate of drug-likeness (QED) is 0.578. The third-order valence-corrected chi connectivity index (χ3v) is 2.89. The molecule has 11 nitrogen and oxygen atoms in total. The molecule has 25 heavy (non-hydrogen) atoms. The van der Waals surface area contributed by atoms with Crippen LogP contribution in [0.15, 0.2) is 18.2 Å². The molecule has 1 atom stereocenters. The maximum absolute atomic E-state index is 11.7. The molecular weight excluding hydrogens is 338 g/mol. The Morgan fingerprint density at radius 3 is 2.28 bits per heavy atom. The van der Waals surface area contributed by atoms with Crippen molar-refractivity contribution in [3.05, 3.63) is 44.0 Å². The zero-order valence-corrected chi connectivity index (χ0v) is 13.7. The van der Waals surface area contributed by atoms with Crippen LogP contribution in [-0.2, 0) is 16.0 Å². The summed E-state index contributed by atoms with van der Waals surface area (Å²) in [6.45, 7) is 4.76. The Balaban J connectivity index is 3.06. The van der Waals surface area contributed by atoms with Crippen molar-refractivity contribution in [1.82, 2.24) is 5.32 Å². The van der Waals surface area contributed by atoms with Crippen molar-refractivity contribution in [2.24, 2.45) is 0 Å². The lowest BCUT2D eigenvalue weighted by molar-refractivity contribution is -0.394. The molecule has 2 N–H and O–H groups in total. The number of amides is 1. The molecule has 0 bridgehead atoms. The summed E-state index contributed by atoms with van der Waals surface area (Å²) in [5.74, 6) is -1.43. The average Bonchev–Trinajstić information content (AvgIpc) is 2.44. The molecule has 0 spiro atoms. The lowest BCUT2D eigenvalue weighted by Gasteiger charge is -2.22. The molecule has 136 valence electrons. The number of hydrogen-bond donors (Lipinski definition) is 2. The van der Waals surface area contributed by atoms with E-state index in [2.05, 4.69) is 5.32 Å². The van der Waals surface area contributed by atoms with E-state index in [1.165, 1.54) is 0 Å². The average molecular weight is 355 g/mol. The topological polar surface area (TPSA) is 162 Å². The van der Waals surface area contributed by atoms with Gasteiger partial charge in [-0.3, -0.25) is 20.2 Å². The van der Waals surface area contributed by atoms with Crippen LogP contribution in [0.1, 0.15) is 26.3 Å². The van der Waals surface area contributed by atoms with Gasteiger partial charge in [0.25, 0.3) is 11.4 Å². The smallest absolute Gasteiger partial charge is 0.408 e. The van der Waals surface area contributed by atoms with Crippen LogP contribution in [0.3, 0.4) is 0 Å². The van der Waals surface area contributed by atoms with Gasteiger partial charge in [-0.15, -0.1) is 0 Å². The first-order valence-electron chi connectivity index (χ1n) is 7.04. The molecule has 0 aliphatic carbocycles. The SMILES string of the molecule is CC(C)(C)OC(=O)NC(Cc1ccc([N+](=O)[O-])cc1[N+](=O)[O-])C(=O)O. The first kappa shape index (κ1) is 19.8.